The molecule has 2 fully saturated rings. The summed E-state index contributed by atoms with van der Waals surface area (Å²) in [5.41, 5.74) is 1.74. The van der Waals surface area contributed by atoms with Crippen LogP contribution >= 0.6 is 0 Å². The van der Waals surface area contributed by atoms with Gasteiger partial charge in [0, 0.05) is 31.2 Å². The number of aromatic nitrogens is 3. The summed E-state index contributed by atoms with van der Waals surface area (Å²) in [6.45, 7) is 4.17. The van der Waals surface area contributed by atoms with Crippen molar-refractivity contribution in [3.63, 3.8) is 0 Å². The van der Waals surface area contributed by atoms with Crippen molar-refractivity contribution in [3.05, 3.63) is 29.8 Å². The van der Waals surface area contributed by atoms with E-state index in [4.69, 9.17) is 18.8 Å². The van der Waals surface area contributed by atoms with Gasteiger partial charge in [0.05, 0.1) is 11.8 Å². The number of carboxylic acid groups (broad SMARTS) is 1. The number of ether oxygens (including phenoxy) is 1. The summed E-state index contributed by atoms with van der Waals surface area (Å²) in [5.74, 6) is 1.26. The number of hydrogen-bond donors (Lipinski definition) is 1. The van der Waals surface area contributed by atoms with Crippen molar-refractivity contribution < 1.29 is 23.6 Å². The number of carbonyl (C=O) groups is 1. The molecule has 31 heavy (non-hydrogen) atoms. The molecule has 164 valence electrons. The monoisotopic (exact) mass is 427 g/mol. The van der Waals surface area contributed by atoms with Gasteiger partial charge in [-0.1, -0.05) is 5.16 Å². The van der Waals surface area contributed by atoms with E-state index in [1.165, 1.54) is 17.7 Å². The third-order valence-corrected chi connectivity index (χ3v) is 5.94. The van der Waals surface area contributed by atoms with Gasteiger partial charge in [-0.3, -0.25) is 9.88 Å². The fraction of sp³-hybridized carbons (Fsp3) is 0.524. The molecule has 1 N–H and O–H groups in total. The number of rotatable bonds is 6. The Hall–Kier alpha value is -2.98. The van der Waals surface area contributed by atoms with Crippen LogP contribution in [0.1, 0.15) is 37.2 Å². The van der Waals surface area contributed by atoms with Crippen molar-refractivity contribution in [2.24, 2.45) is 0 Å². The second-order valence-corrected chi connectivity index (χ2v) is 8.06. The molecule has 0 aliphatic carbocycles. The topological polar surface area (TPSA) is 118 Å². The highest BCUT2D eigenvalue weighted by atomic mass is 16.5. The van der Waals surface area contributed by atoms with Crippen LogP contribution in [0.2, 0.25) is 0 Å². The van der Waals surface area contributed by atoms with Crippen molar-refractivity contribution in [3.8, 4) is 11.7 Å². The van der Waals surface area contributed by atoms with E-state index in [-0.39, 0.29) is 12.7 Å². The first kappa shape index (κ1) is 20.0. The van der Waals surface area contributed by atoms with Gasteiger partial charge in [-0.25, -0.2) is 4.79 Å². The fourth-order valence-corrected chi connectivity index (χ4v) is 4.22. The number of pyridine rings is 1. The van der Waals surface area contributed by atoms with Gasteiger partial charge < -0.3 is 23.7 Å². The Kier molecular flexibility index (Phi) is 5.56. The van der Waals surface area contributed by atoms with Crippen LogP contribution in [-0.2, 0) is 17.9 Å². The highest BCUT2D eigenvalue weighted by Crippen LogP contribution is 2.29. The molecule has 10 heteroatoms. The van der Waals surface area contributed by atoms with E-state index >= 15 is 0 Å². The summed E-state index contributed by atoms with van der Waals surface area (Å²) in [7, 11) is 0. The van der Waals surface area contributed by atoms with Gasteiger partial charge in [-0.2, -0.15) is 4.98 Å². The zero-order valence-electron chi connectivity index (χ0n) is 17.2. The molecular weight excluding hydrogens is 402 g/mol. The van der Waals surface area contributed by atoms with Crippen molar-refractivity contribution in [1.29, 1.82) is 0 Å². The van der Waals surface area contributed by atoms with Crippen LogP contribution in [0, 0.1) is 0 Å². The first-order valence-electron chi connectivity index (χ1n) is 10.7. The molecule has 0 atom stereocenters. The number of furan rings is 1. The quantitative estimate of drug-likeness (QED) is 0.633. The van der Waals surface area contributed by atoms with Gasteiger partial charge in [0.1, 0.15) is 12.2 Å². The number of piperidine rings is 1. The molecule has 0 spiro atoms. The van der Waals surface area contributed by atoms with E-state index in [1.54, 1.807) is 6.20 Å². The van der Waals surface area contributed by atoms with Crippen molar-refractivity contribution in [2.45, 2.75) is 44.9 Å². The third kappa shape index (κ3) is 4.40. The van der Waals surface area contributed by atoms with E-state index < -0.39 is 6.09 Å². The predicted molar refractivity (Wildman–Crippen MR) is 109 cm³/mol. The Balaban J connectivity index is 1.24. The largest absolute Gasteiger partial charge is 0.465 e. The van der Waals surface area contributed by atoms with Gasteiger partial charge in [0.2, 0.25) is 0 Å². The van der Waals surface area contributed by atoms with E-state index in [9.17, 15) is 4.79 Å². The fourth-order valence-electron chi connectivity index (χ4n) is 4.22. The minimum absolute atomic E-state index is 0.0111. The Morgan fingerprint density at radius 1 is 1.23 bits per heavy atom. The minimum Gasteiger partial charge on any atom is -0.465 e. The predicted octanol–water partition coefficient (Wildman–Crippen LogP) is 3.13. The van der Waals surface area contributed by atoms with Gasteiger partial charge in [-0.15, -0.1) is 0 Å². The SMILES string of the molecule is O=C(O)N1CCC(OCc2noc(-c3cc4c(CN5CCCC5)nccc4o3)n2)CC1. The van der Waals surface area contributed by atoms with E-state index in [0.717, 1.165) is 36.3 Å². The average Bonchev–Trinajstić information content (AvgIpc) is 3.53. The van der Waals surface area contributed by atoms with Crippen LogP contribution in [0.3, 0.4) is 0 Å². The van der Waals surface area contributed by atoms with Crippen LogP contribution < -0.4 is 0 Å². The Bertz CT molecular complexity index is 1050. The lowest BCUT2D eigenvalue weighted by Crippen LogP contribution is -2.40. The second-order valence-electron chi connectivity index (χ2n) is 8.06. The standard InChI is InChI=1S/C21H25N5O5/c27-21(28)26-9-4-14(5-10-26)29-13-19-23-20(31-24-19)18-11-15-16(12-25-7-1-2-8-25)22-6-3-17(15)30-18/h3,6,11,14H,1-2,4-5,7-10,12-13H2,(H,27,28). The molecule has 2 aliphatic heterocycles. The van der Waals surface area contributed by atoms with Gasteiger partial charge in [0.25, 0.3) is 5.89 Å². The first-order valence-corrected chi connectivity index (χ1v) is 10.7. The third-order valence-electron chi connectivity index (χ3n) is 5.94. The molecule has 2 aliphatic rings. The Morgan fingerprint density at radius 3 is 2.81 bits per heavy atom. The normalized spacial score (nSPS) is 18.3. The summed E-state index contributed by atoms with van der Waals surface area (Å²) in [6.07, 6.45) is 4.66. The molecule has 10 nitrogen and oxygen atoms in total. The number of nitrogens with zero attached hydrogens (tertiary/aromatic N) is 5. The van der Waals surface area contributed by atoms with E-state index in [2.05, 4.69) is 20.0 Å². The Morgan fingerprint density at radius 2 is 2.03 bits per heavy atom. The van der Waals surface area contributed by atoms with Crippen molar-refractivity contribution in [1.82, 2.24) is 24.9 Å². The molecular formula is C21H25N5O5. The lowest BCUT2D eigenvalue weighted by atomic mass is 10.1. The number of likely N-dealkylation sites (tertiary alicyclic amines) is 2. The average molecular weight is 427 g/mol. The number of amides is 1. The molecule has 1 amide bonds. The highest BCUT2D eigenvalue weighted by molar-refractivity contribution is 5.83. The second kappa shape index (κ2) is 8.64. The first-order chi connectivity index (χ1) is 15.2. The summed E-state index contributed by atoms with van der Waals surface area (Å²) < 4.78 is 17.2. The molecule has 2 saturated heterocycles. The molecule has 3 aromatic heterocycles. The zero-order chi connectivity index (χ0) is 21.2. The van der Waals surface area contributed by atoms with Crippen molar-refractivity contribution >= 4 is 17.1 Å². The van der Waals surface area contributed by atoms with Gasteiger partial charge in [0.15, 0.2) is 11.6 Å². The van der Waals surface area contributed by atoms with Crippen LogP contribution in [0.5, 0.6) is 0 Å². The van der Waals surface area contributed by atoms with E-state index in [0.29, 0.717) is 43.4 Å². The molecule has 5 rings (SSSR count). The van der Waals surface area contributed by atoms with Crippen LogP contribution in [-0.4, -0.2) is 68.4 Å². The highest BCUT2D eigenvalue weighted by Gasteiger charge is 2.24. The maximum Gasteiger partial charge on any atom is 0.407 e. The number of fused-ring (bicyclic) bond motifs is 1. The maximum absolute atomic E-state index is 11.0. The maximum atomic E-state index is 11.0. The summed E-state index contributed by atoms with van der Waals surface area (Å²) in [5, 5.41) is 14.0. The number of hydrogen-bond acceptors (Lipinski definition) is 8. The van der Waals surface area contributed by atoms with Gasteiger partial charge in [-0.05, 0) is 50.9 Å². The molecule has 0 aromatic carbocycles. The summed E-state index contributed by atoms with van der Waals surface area (Å²) in [4.78, 5) is 23.7. The minimum atomic E-state index is -0.883. The molecule has 0 bridgehead atoms. The van der Waals surface area contributed by atoms with Crippen LogP contribution in [0.4, 0.5) is 4.79 Å². The molecule has 5 heterocycles. The van der Waals surface area contributed by atoms with Crippen LogP contribution in [0.25, 0.3) is 22.6 Å². The Labute approximate surface area is 178 Å². The van der Waals surface area contributed by atoms with Gasteiger partial charge >= 0.3 is 6.09 Å². The lowest BCUT2D eigenvalue weighted by molar-refractivity contribution is -0.00294. The summed E-state index contributed by atoms with van der Waals surface area (Å²) in [6, 6.07) is 3.75. The summed E-state index contributed by atoms with van der Waals surface area (Å²) >= 11 is 0. The lowest BCUT2D eigenvalue weighted by Gasteiger charge is -2.29. The zero-order valence-corrected chi connectivity index (χ0v) is 17.2. The van der Waals surface area contributed by atoms with E-state index in [1.807, 2.05) is 12.1 Å². The van der Waals surface area contributed by atoms with Crippen LogP contribution in [0.15, 0.2) is 27.3 Å². The molecule has 0 saturated carbocycles. The smallest absolute Gasteiger partial charge is 0.407 e. The molecule has 3 aromatic rings. The van der Waals surface area contributed by atoms with Crippen molar-refractivity contribution in [2.75, 3.05) is 26.2 Å². The molecule has 0 unspecified atom stereocenters. The molecule has 0 radical (unpaired) electrons.